The molecule has 3 heteroatoms. The quantitative estimate of drug-likeness (QED) is 0.829. The highest BCUT2D eigenvalue weighted by atomic mass is 16.3. The minimum atomic E-state index is -0.856. The van der Waals surface area contributed by atoms with Gasteiger partial charge in [0.1, 0.15) is 0 Å². The molecule has 0 fully saturated rings. The second-order valence-corrected chi connectivity index (χ2v) is 5.79. The van der Waals surface area contributed by atoms with E-state index >= 15 is 0 Å². The third-order valence-electron chi connectivity index (χ3n) is 3.12. The van der Waals surface area contributed by atoms with Crippen molar-refractivity contribution in [1.82, 2.24) is 5.32 Å². The van der Waals surface area contributed by atoms with Crippen LogP contribution in [0.4, 0.5) is 0 Å². The van der Waals surface area contributed by atoms with Crippen molar-refractivity contribution in [2.24, 2.45) is 5.92 Å². The number of hydrogen-bond acceptors (Lipinski definition) is 2. The third-order valence-corrected chi connectivity index (χ3v) is 3.12. The normalized spacial score (nSPS) is 14.2. The van der Waals surface area contributed by atoms with Crippen LogP contribution >= 0.6 is 0 Å². The van der Waals surface area contributed by atoms with E-state index in [0.717, 1.165) is 12.0 Å². The molecule has 1 unspecified atom stereocenters. The summed E-state index contributed by atoms with van der Waals surface area (Å²) in [6.07, 6.45) is 1.49. The average Bonchev–Trinajstić information content (AvgIpc) is 2.34. The van der Waals surface area contributed by atoms with Crippen LogP contribution in [0.1, 0.15) is 50.0 Å². The predicted octanol–water partition coefficient (Wildman–Crippen LogP) is 2.78. The van der Waals surface area contributed by atoms with Crippen LogP contribution in [0, 0.1) is 5.92 Å². The van der Waals surface area contributed by atoms with Crippen molar-refractivity contribution >= 4 is 5.91 Å². The van der Waals surface area contributed by atoms with E-state index in [9.17, 15) is 9.90 Å². The number of benzene rings is 1. The maximum atomic E-state index is 12.1. The minimum absolute atomic E-state index is 0.110. The van der Waals surface area contributed by atoms with Gasteiger partial charge in [-0.05, 0) is 37.3 Å². The summed E-state index contributed by atoms with van der Waals surface area (Å²) in [7, 11) is 0. The number of nitrogens with one attached hydrogen (secondary N) is 1. The molecule has 0 aliphatic heterocycles. The number of rotatable bonds is 6. The highest BCUT2D eigenvalue weighted by Gasteiger charge is 2.23. The van der Waals surface area contributed by atoms with E-state index in [1.165, 1.54) is 0 Å². The molecule has 0 saturated heterocycles. The molecule has 106 valence electrons. The van der Waals surface area contributed by atoms with Crippen molar-refractivity contribution in [3.63, 3.8) is 0 Å². The summed E-state index contributed by atoms with van der Waals surface area (Å²) in [6, 6.07) is 7.58. The smallest absolute Gasteiger partial charge is 0.251 e. The standard InChI is InChI=1S/C16H25NO2/c1-5-13-8-6-7-9-14(13)15(18)17-11-16(4,19)10-12(2)3/h6-9,12,19H,5,10-11H2,1-4H3,(H,17,18). The van der Waals surface area contributed by atoms with E-state index < -0.39 is 5.60 Å². The average molecular weight is 263 g/mol. The van der Waals surface area contributed by atoms with Gasteiger partial charge in [0.05, 0.1) is 5.60 Å². The van der Waals surface area contributed by atoms with Crippen molar-refractivity contribution in [2.75, 3.05) is 6.54 Å². The van der Waals surface area contributed by atoms with Crippen molar-refractivity contribution in [1.29, 1.82) is 0 Å². The number of aryl methyl sites for hydroxylation is 1. The Labute approximate surface area is 116 Å². The zero-order valence-corrected chi connectivity index (χ0v) is 12.4. The van der Waals surface area contributed by atoms with Gasteiger partial charge >= 0.3 is 0 Å². The molecule has 19 heavy (non-hydrogen) atoms. The van der Waals surface area contributed by atoms with E-state index in [1.807, 2.05) is 31.2 Å². The summed E-state index contributed by atoms with van der Waals surface area (Å²) < 4.78 is 0. The maximum Gasteiger partial charge on any atom is 0.251 e. The van der Waals surface area contributed by atoms with Gasteiger partial charge in [-0.1, -0.05) is 39.0 Å². The summed E-state index contributed by atoms with van der Waals surface area (Å²) in [4.78, 5) is 12.1. The Bertz CT molecular complexity index is 425. The van der Waals surface area contributed by atoms with Crippen LogP contribution in [-0.4, -0.2) is 23.2 Å². The van der Waals surface area contributed by atoms with Crippen LogP contribution in [-0.2, 0) is 6.42 Å². The van der Waals surface area contributed by atoms with Crippen LogP contribution in [0.25, 0.3) is 0 Å². The number of aliphatic hydroxyl groups is 1. The van der Waals surface area contributed by atoms with Gasteiger partial charge in [-0.25, -0.2) is 0 Å². The Hall–Kier alpha value is -1.35. The molecule has 0 bridgehead atoms. The fourth-order valence-corrected chi connectivity index (χ4v) is 2.37. The Kier molecular flexibility index (Phi) is 5.55. The van der Waals surface area contributed by atoms with Crippen LogP contribution in [0.5, 0.6) is 0 Å². The molecule has 0 aromatic heterocycles. The lowest BCUT2D eigenvalue weighted by Crippen LogP contribution is -2.41. The Morgan fingerprint density at radius 2 is 2.00 bits per heavy atom. The summed E-state index contributed by atoms with van der Waals surface area (Å²) in [6.45, 7) is 8.19. The molecule has 1 rings (SSSR count). The lowest BCUT2D eigenvalue weighted by Gasteiger charge is -2.25. The highest BCUT2D eigenvalue weighted by molar-refractivity contribution is 5.95. The summed E-state index contributed by atoms with van der Waals surface area (Å²) in [5, 5.41) is 13.0. The molecule has 2 N–H and O–H groups in total. The van der Waals surface area contributed by atoms with Crippen LogP contribution in [0.3, 0.4) is 0 Å². The zero-order valence-electron chi connectivity index (χ0n) is 12.4. The van der Waals surface area contributed by atoms with Gasteiger partial charge in [-0.15, -0.1) is 0 Å². The zero-order chi connectivity index (χ0) is 14.5. The van der Waals surface area contributed by atoms with Crippen molar-refractivity contribution < 1.29 is 9.90 Å². The van der Waals surface area contributed by atoms with Gasteiger partial charge in [-0.2, -0.15) is 0 Å². The van der Waals surface area contributed by atoms with E-state index in [4.69, 9.17) is 0 Å². The second kappa shape index (κ2) is 6.71. The number of amides is 1. The van der Waals surface area contributed by atoms with Gasteiger partial charge in [0.25, 0.3) is 5.91 Å². The number of carbonyl (C=O) groups excluding carboxylic acids is 1. The summed E-state index contributed by atoms with van der Waals surface area (Å²) in [5.41, 5.74) is 0.874. The molecule has 0 aliphatic carbocycles. The van der Waals surface area contributed by atoms with Gasteiger partial charge in [-0.3, -0.25) is 4.79 Å². The minimum Gasteiger partial charge on any atom is -0.388 e. The lowest BCUT2D eigenvalue weighted by molar-refractivity contribution is 0.0368. The number of carbonyl (C=O) groups is 1. The van der Waals surface area contributed by atoms with E-state index in [2.05, 4.69) is 19.2 Å². The third kappa shape index (κ3) is 5.03. The largest absolute Gasteiger partial charge is 0.388 e. The molecule has 1 amide bonds. The maximum absolute atomic E-state index is 12.1. The first-order chi connectivity index (χ1) is 8.85. The molecule has 1 aromatic rings. The summed E-state index contributed by atoms with van der Waals surface area (Å²) in [5.74, 6) is 0.288. The molecule has 0 heterocycles. The van der Waals surface area contributed by atoms with Gasteiger partial charge in [0.2, 0.25) is 0 Å². The highest BCUT2D eigenvalue weighted by Crippen LogP contribution is 2.16. The van der Waals surface area contributed by atoms with Crippen LogP contribution in [0.15, 0.2) is 24.3 Å². The lowest BCUT2D eigenvalue weighted by atomic mass is 9.94. The molecule has 1 aromatic carbocycles. The first-order valence-corrected chi connectivity index (χ1v) is 6.94. The van der Waals surface area contributed by atoms with Gasteiger partial charge < -0.3 is 10.4 Å². The van der Waals surface area contributed by atoms with Gasteiger partial charge in [0.15, 0.2) is 0 Å². The van der Waals surface area contributed by atoms with Crippen molar-refractivity contribution in [2.45, 2.75) is 46.1 Å². The molecule has 1 atom stereocenters. The first kappa shape index (κ1) is 15.7. The monoisotopic (exact) mass is 263 g/mol. The molecular formula is C16H25NO2. The van der Waals surface area contributed by atoms with Gasteiger partial charge in [0, 0.05) is 12.1 Å². The molecule has 0 saturated carbocycles. The predicted molar refractivity (Wildman–Crippen MR) is 78.2 cm³/mol. The Morgan fingerprint density at radius 1 is 1.37 bits per heavy atom. The molecule has 0 spiro atoms. The van der Waals surface area contributed by atoms with Crippen LogP contribution in [0.2, 0.25) is 0 Å². The fraction of sp³-hybridized carbons (Fsp3) is 0.562. The van der Waals surface area contributed by atoms with Crippen molar-refractivity contribution in [3.8, 4) is 0 Å². The Morgan fingerprint density at radius 3 is 2.58 bits per heavy atom. The molecule has 3 nitrogen and oxygen atoms in total. The Balaban J connectivity index is 2.65. The first-order valence-electron chi connectivity index (χ1n) is 6.94. The van der Waals surface area contributed by atoms with E-state index in [-0.39, 0.29) is 12.5 Å². The topological polar surface area (TPSA) is 49.3 Å². The molecule has 0 aliphatic rings. The van der Waals surface area contributed by atoms with E-state index in [1.54, 1.807) is 6.92 Å². The van der Waals surface area contributed by atoms with Crippen LogP contribution < -0.4 is 5.32 Å². The SMILES string of the molecule is CCc1ccccc1C(=O)NCC(C)(O)CC(C)C. The fourth-order valence-electron chi connectivity index (χ4n) is 2.37. The summed E-state index contributed by atoms with van der Waals surface area (Å²) >= 11 is 0. The van der Waals surface area contributed by atoms with E-state index in [0.29, 0.717) is 17.9 Å². The number of hydrogen-bond donors (Lipinski definition) is 2. The molecule has 0 radical (unpaired) electrons. The van der Waals surface area contributed by atoms with Crippen molar-refractivity contribution in [3.05, 3.63) is 35.4 Å². The molecular weight excluding hydrogens is 238 g/mol. The second-order valence-electron chi connectivity index (χ2n) is 5.79.